The van der Waals surface area contributed by atoms with Crippen molar-refractivity contribution < 1.29 is 13.2 Å². The van der Waals surface area contributed by atoms with Gasteiger partial charge in [-0.25, -0.2) is 0 Å². The molecule has 1 N–H and O–H groups in total. The van der Waals surface area contributed by atoms with E-state index in [1.54, 1.807) is 0 Å². The Kier molecular flexibility index (Phi) is 4.96. The van der Waals surface area contributed by atoms with Crippen molar-refractivity contribution in [2.24, 2.45) is 0 Å². The molecule has 2 heterocycles. The van der Waals surface area contributed by atoms with E-state index in [4.69, 9.17) is 11.6 Å². The SMILES string of the molecule is FC(F)(F)c1ccc(Cl)c([C@@H](c2ccsc2)N2CCNCC2)c1. The molecule has 0 unspecified atom stereocenters. The van der Waals surface area contributed by atoms with E-state index < -0.39 is 11.7 Å². The summed E-state index contributed by atoms with van der Waals surface area (Å²) in [7, 11) is 0. The van der Waals surface area contributed by atoms with Crippen LogP contribution in [0.25, 0.3) is 0 Å². The minimum atomic E-state index is -4.37. The lowest BCUT2D eigenvalue weighted by molar-refractivity contribution is -0.137. The predicted molar refractivity (Wildman–Crippen MR) is 87.1 cm³/mol. The van der Waals surface area contributed by atoms with Gasteiger partial charge in [0.15, 0.2) is 0 Å². The molecule has 1 aromatic carbocycles. The number of thiophene rings is 1. The van der Waals surface area contributed by atoms with Crippen LogP contribution in [-0.4, -0.2) is 31.1 Å². The Balaban J connectivity index is 2.06. The van der Waals surface area contributed by atoms with E-state index in [1.165, 1.54) is 23.5 Å². The summed E-state index contributed by atoms with van der Waals surface area (Å²) in [5, 5.41) is 7.54. The molecule has 1 aromatic heterocycles. The molecule has 1 atom stereocenters. The molecule has 1 aliphatic heterocycles. The van der Waals surface area contributed by atoms with Gasteiger partial charge < -0.3 is 5.32 Å². The number of nitrogens with zero attached hydrogens (tertiary/aromatic N) is 1. The number of nitrogens with one attached hydrogen (secondary N) is 1. The van der Waals surface area contributed by atoms with Gasteiger partial charge in [0.1, 0.15) is 0 Å². The third-order valence-corrected chi connectivity index (χ3v) is 5.04. The van der Waals surface area contributed by atoms with Gasteiger partial charge in [0.25, 0.3) is 0 Å². The molecule has 0 spiro atoms. The standard InChI is InChI=1S/C16H16ClF3N2S/c17-14-2-1-12(16(18,19)20)9-13(14)15(11-3-8-23-10-11)22-6-4-21-5-7-22/h1-3,8-10,15,21H,4-7H2/t15-/m1/s1. The van der Waals surface area contributed by atoms with Crippen LogP contribution in [0.4, 0.5) is 13.2 Å². The predicted octanol–water partition coefficient (Wildman–Crippen LogP) is 4.41. The number of benzene rings is 1. The van der Waals surface area contributed by atoms with E-state index in [0.29, 0.717) is 10.6 Å². The van der Waals surface area contributed by atoms with Crippen molar-refractivity contribution in [3.05, 3.63) is 56.7 Å². The van der Waals surface area contributed by atoms with Gasteiger partial charge in [0.05, 0.1) is 11.6 Å². The van der Waals surface area contributed by atoms with Gasteiger partial charge in [-0.3, -0.25) is 4.90 Å². The Hall–Kier alpha value is -1.08. The van der Waals surface area contributed by atoms with Crippen LogP contribution in [0.1, 0.15) is 22.7 Å². The van der Waals surface area contributed by atoms with Gasteiger partial charge in [-0.2, -0.15) is 24.5 Å². The van der Waals surface area contributed by atoms with E-state index >= 15 is 0 Å². The molecule has 0 bridgehead atoms. The second-order valence-electron chi connectivity index (χ2n) is 5.48. The first-order valence-electron chi connectivity index (χ1n) is 7.30. The molecule has 1 saturated heterocycles. The summed E-state index contributed by atoms with van der Waals surface area (Å²) in [5.41, 5.74) is 0.840. The number of piperazine rings is 1. The summed E-state index contributed by atoms with van der Waals surface area (Å²) in [6.45, 7) is 3.18. The van der Waals surface area contributed by atoms with Crippen molar-refractivity contribution in [2.75, 3.05) is 26.2 Å². The largest absolute Gasteiger partial charge is 0.416 e. The molecular formula is C16H16ClF3N2S. The first-order valence-corrected chi connectivity index (χ1v) is 8.62. The molecule has 1 fully saturated rings. The molecule has 2 aromatic rings. The van der Waals surface area contributed by atoms with Gasteiger partial charge in [0, 0.05) is 31.2 Å². The van der Waals surface area contributed by atoms with Crippen LogP contribution in [0.2, 0.25) is 5.02 Å². The van der Waals surface area contributed by atoms with Gasteiger partial charge in [-0.1, -0.05) is 11.6 Å². The first kappa shape index (κ1) is 16.8. The van der Waals surface area contributed by atoms with E-state index in [2.05, 4.69) is 10.2 Å². The van der Waals surface area contributed by atoms with E-state index in [-0.39, 0.29) is 6.04 Å². The van der Waals surface area contributed by atoms with Gasteiger partial charge >= 0.3 is 6.18 Å². The van der Waals surface area contributed by atoms with Crippen LogP contribution in [0, 0.1) is 0 Å². The maximum absolute atomic E-state index is 13.1. The van der Waals surface area contributed by atoms with Crippen molar-refractivity contribution in [1.29, 1.82) is 0 Å². The average Bonchev–Trinajstić information content (AvgIpc) is 3.03. The molecule has 0 radical (unpaired) electrons. The van der Waals surface area contributed by atoms with Crippen molar-refractivity contribution >= 4 is 22.9 Å². The molecule has 124 valence electrons. The topological polar surface area (TPSA) is 15.3 Å². The number of rotatable bonds is 3. The first-order chi connectivity index (χ1) is 11.0. The summed E-state index contributed by atoms with van der Waals surface area (Å²) in [6, 6.07) is 5.27. The quantitative estimate of drug-likeness (QED) is 0.872. The van der Waals surface area contributed by atoms with E-state index in [9.17, 15) is 13.2 Å². The lowest BCUT2D eigenvalue weighted by Crippen LogP contribution is -2.45. The molecular weight excluding hydrogens is 345 g/mol. The summed E-state index contributed by atoms with van der Waals surface area (Å²) in [4.78, 5) is 2.18. The molecule has 2 nitrogen and oxygen atoms in total. The second-order valence-corrected chi connectivity index (χ2v) is 6.67. The van der Waals surface area contributed by atoms with Crippen molar-refractivity contribution in [1.82, 2.24) is 10.2 Å². The smallest absolute Gasteiger partial charge is 0.314 e. The summed E-state index contributed by atoms with van der Waals surface area (Å²) in [5.74, 6) is 0. The average molecular weight is 361 g/mol. The maximum Gasteiger partial charge on any atom is 0.416 e. The Morgan fingerprint density at radius 2 is 1.91 bits per heavy atom. The van der Waals surface area contributed by atoms with E-state index in [1.807, 2.05) is 16.8 Å². The molecule has 0 aliphatic carbocycles. The molecule has 0 saturated carbocycles. The maximum atomic E-state index is 13.1. The zero-order chi connectivity index (χ0) is 16.4. The Morgan fingerprint density at radius 1 is 1.17 bits per heavy atom. The van der Waals surface area contributed by atoms with Crippen LogP contribution in [0.5, 0.6) is 0 Å². The van der Waals surface area contributed by atoms with Crippen LogP contribution in [0.15, 0.2) is 35.0 Å². The fourth-order valence-corrected chi connectivity index (χ4v) is 3.79. The van der Waals surface area contributed by atoms with Gasteiger partial charge in [-0.15, -0.1) is 0 Å². The minimum absolute atomic E-state index is 0.252. The molecule has 0 amide bonds. The van der Waals surface area contributed by atoms with E-state index in [0.717, 1.165) is 37.8 Å². The van der Waals surface area contributed by atoms with Crippen molar-refractivity contribution in [3.63, 3.8) is 0 Å². The van der Waals surface area contributed by atoms with Gasteiger partial charge in [0.2, 0.25) is 0 Å². The minimum Gasteiger partial charge on any atom is -0.314 e. The molecule has 23 heavy (non-hydrogen) atoms. The number of hydrogen-bond acceptors (Lipinski definition) is 3. The lowest BCUT2D eigenvalue weighted by Gasteiger charge is -2.35. The number of alkyl halides is 3. The fourth-order valence-electron chi connectivity index (χ4n) is 2.89. The Labute approximate surface area is 141 Å². The zero-order valence-electron chi connectivity index (χ0n) is 12.2. The van der Waals surface area contributed by atoms with Crippen LogP contribution in [0.3, 0.4) is 0 Å². The third-order valence-electron chi connectivity index (χ3n) is 3.99. The zero-order valence-corrected chi connectivity index (χ0v) is 13.8. The highest BCUT2D eigenvalue weighted by atomic mass is 35.5. The Morgan fingerprint density at radius 3 is 2.52 bits per heavy atom. The lowest BCUT2D eigenvalue weighted by atomic mass is 9.96. The second kappa shape index (κ2) is 6.81. The third kappa shape index (κ3) is 3.71. The summed E-state index contributed by atoms with van der Waals surface area (Å²) < 4.78 is 39.2. The van der Waals surface area contributed by atoms with Crippen molar-refractivity contribution in [2.45, 2.75) is 12.2 Å². The highest BCUT2D eigenvalue weighted by Crippen LogP contribution is 2.38. The van der Waals surface area contributed by atoms with Gasteiger partial charge in [-0.05, 0) is 46.2 Å². The summed E-state index contributed by atoms with van der Waals surface area (Å²) in [6.07, 6.45) is -4.37. The highest BCUT2D eigenvalue weighted by Gasteiger charge is 2.33. The Bertz CT molecular complexity index is 652. The van der Waals surface area contributed by atoms with Crippen LogP contribution >= 0.6 is 22.9 Å². The molecule has 3 rings (SSSR count). The fraction of sp³-hybridized carbons (Fsp3) is 0.375. The van der Waals surface area contributed by atoms with Crippen molar-refractivity contribution in [3.8, 4) is 0 Å². The number of hydrogen-bond donors (Lipinski definition) is 1. The normalized spacial score (nSPS) is 18.1. The number of halogens is 4. The van der Waals surface area contributed by atoms with Crippen LogP contribution in [-0.2, 0) is 6.18 Å². The molecule has 7 heteroatoms. The highest BCUT2D eigenvalue weighted by molar-refractivity contribution is 7.08. The summed E-state index contributed by atoms with van der Waals surface area (Å²) >= 11 is 7.81. The molecule has 1 aliphatic rings. The monoisotopic (exact) mass is 360 g/mol. The van der Waals surface area contributed by atoms with Crippen LogP contribution < -0.4 is 5.32 Å².